The van der Waals surface area contributed by atoms with E-state index < -0.39 is 0 Å². The van der Waals surface area contributed by atoms with Crippen molar-refractivity contribution in [1.29, 1.82) is 0 Å². The maximum Gasteiger partial charge on any atom is 0.213 e. The number of aromatic nitrogens is 2. The third-order valence-electron chi connectivity index (χ3n) is 2.67. The second kappa shape index (κ2) is 6.37. The molecule has 7 heteroatoms. The zero-order chi connectivity index (χ0) is 14.4. The van der Waals surface area contributed by atoms with Crippen LogP contribution in [0.4, 0.5) is 5.69 Å². The molecule has 104 valence electrons. The van der Waals surface area contributed by atoms with Crippen molar-refractivity contribution in [3.05, 3.63) is 47.9 Å². The molecule has 2 rings (SSSR count). The number of nitrogens with one attached hydrogen (secondary N) is 1. The van der Waals surface area contributed by atoms with Gasteiger partial charge >= 0.3 is 0 Å². The summed E-state index contributed by atoms with van der Waals surface area (Å²) < 4.78 is 4.99. The number of ether oxygens (including phenoxy) is 1. The maximum absolute atomic E-state index is 8.73. The molecule has 2 heterocycles. The number of methoxy groups -OCH3 is 1. The minimum Gasteiger partial charge on any atom is -0.481 e. The first-order valence-corrected chi connectivity index (χ1v) is 5.90. The van der Waals surface area contributed by atoms with Crippen molar-refractivity contribution in [2.24, 2.45) is 10.9 Å². The third kappa shape index (κ3) is 3.14. The van der Waals surface area contributed by atoms with Gasteiger partial charge in [0.25, 0.3) is 0 Å². The van der Waals surface area contributed by atoms with Gasteiger partial charge in [0.2, 0.25) is 5.88 Å². The zero-order valence-electron chi connectivity index (χ0n) is 10.9. The number of oxime groups is 1. The van der Waals surface area contributed by atoms with Crippen molar-refractivity contribution < 1.29 is 9.94 Å². The zero-order valence-corrected chi connectivity index (χ0v) is 10.9. The lowest BCUT2D eigenvalue weighted by Crippen LogP contribution is -2.18. The first-order chi connectivity index (χ1) is 9.74. The van der Waals surface area contributed by atoms with Gasteiger partial charge in [-0.25, -0.2) is 4.98 Å². The lowest BCUT2D eigenvalue weighted by molar-refractivity contribution is 0.318. The highest BCUT2D eigenvalue weighted by Gasteiger charge is 2.07. The van der Waals surface area contributed by atoms with E-state index in [0.29, 0.717) is 18.1 Å². The minimum atomic E-state index is -0.0183. The molecule has 0 saturated carbocycles. The van der Waals surface area contributed by atoms with Crippen LogP contribution in [0, 0.1) is 0 Å². The number of nitrogens with zero attached hydrogens (tertiary/aromatic N) is 3. The van der Waals surface area contributed by atoms with Gasteiger partial charge in [-0.15, -0.1) is 0 Å². The summed E-state index contributed by atoms with van der Waals surface area (Å²) >= 11 is 0. The van der Waals surface area contributed by atoms with Gasteiger partial charge in [0.15, 0.2) is 5.84 Å². The number of nitrogens with two attached hydrogens (primary N) is 1. The SMILES string of the molecule is COc1ccc(NCc2cccnc2C(N)=NO)cn1. The molecule has 0 aliphatic rings. The third-order valence-corrected chi connectivity index (χ3v) is 2.67. The highest BCUT2D eigenvalue weighted by Crippen LogP contribution is 2.13. The number of anilines is 1. The average molecular weight is 273 g/mol. The Bertz CT molecular complexity index is 598. The second-order valence-electron chi connectivity index (χ2n) is 3.94. The van der Waals surface area contributed by atoms with E-state index in [1.54, 1.807) is 31.6 Å². The summed E-state index contributed by atoms with van der Waals surface area (Å²) in [5, 5.41) is 14.9. The van der Waals surface area contributed by atoms with E-state index in [2.05, 4.69) is 20.4 Å². The van der Waals surface area contributed by atoms with E-state index in [1.807, 2.05) is 12.1 Å². The molecular weight excluding hydrogens is 258 g/mol. The molecule has 0 spiro atoms. The molecule has 0 radical (unpaired) electrons. The van der Waals surface area contributed by atoms with Crippen LogP contribution in [0.15, 0.2) is 41.8 Å². The Labute approximate surface area is 116 Å². The van der Waals surface area contributed by atoms with Gasteiger partial charge in [0, 0.05) is 24.4 Å². The van der Waals surface area contributed by atoms with E-state index in [4.69, 9.17) is 15.7 Å². The smallest absolute Gasteiger partial charge is 0.213 e. The fourth-order valence-electron chi connectivity index (χ4n) is 1.66. The molecule has 0 saturated heterocycles. The van der Waals surface area contributed by atoms with Crippen LogP contribution >= 0.6 is 0 Å². The van der Waals surface area contributed by atoms with E-state index in [-0.39, 0.29) is 5.84 Å². The van der Waals surface area contributed by atoms with Gasteiger partial charge in [-0.1, -0.05) is 11.2 Å². The van der Waals surface area contributed by atoms with Crippen LogP contribution in [0.3, 0.4) is 0 Å². The van der Waals surface area contributed by atoms with Crippen LogP contribution in [0.5, 0.6) is 5.88 Å². The second-order valence-corrected chi connectivity index (χ2v) is 3.94. The van der Waals surface area contributed by atoms with Crippen LogP contribution in [-0.2, 0) is 6.54 Å². The van der Waals surface area contributed by atoms with Crippen molar-refractivity contribution >= 4 is 11.5 Å². The van der Waals surface area contributed by atoms with Crippen LogP contribution in [0.25, 0.3) is 0 Å². The van der Waals surface area contributed by atoms with E-state index in [0.717, 1.165) is 11.3 Å². The summed E-state index contributed by atoms with van der Waals surface area (Å²) in [6, 6.07) is 7.25. The Balaban J connectivity index is 2.10. The van der Waals surface area contributed by atoms with Gasteiger partial charge in [-0.2, -0.15) is 0 Å². The van der Waals surface area contributed by atoms with E-state index in [1.165, 1.54) is 0 Å². The minimum absolute atomic E-state index is 0.0183. The van der Waals surface area contributed by atoms with Crippen molar-refractivity contribution in [3.8, 4) is 5.88 Å². The molecule has 0 aromatic carbocycles. The standard InChI is InChI=1S/C13H15N5O2/c1-20-11-5-4-10(8-17-11)16-7-9-3-2-6-15-12(9)13(14)18-19/h2-6,8,16,19H,7H2,1H3,(H2,14,18). The highest BCUT2D eigenvalue weighted by atomic mass is 16.5. The van der Waals surface area contributed by atoms with Crippen molar-refractivity contribution in [2.75, 3.05) is 12.4 Å². The summed E-state index contributed by atoms with van der Waals surface area (Å²) in [6.45, 7) is 0.480. The Morgan fingerprint density at radius 3 is 2.90 bits per heavy atom. The van der Waals surface area contributed by atoms with Gasteiger partial charge in [-0.3, -0.25) is 4.98 Å². The largest absolute Gasteiger partial charge is 0.481 e. The Hall–Kier alpha value is -2.83. The number of hydrogen-bond acceptors (Lipinski definition) is 6. The Kier molecular flexibility index (Phi) is 4.33. The van der Waals surface area contributed by atoms with Crippen LogP contribution in [0.1, 0.15) is 11.3 Å². The molecule has 2 aromatic rings. The first kappa shape index (κ1) is 13.6. The lowest BCUT2D eigenvalue weighted by atomic mass is 10.2. The van der Waals surface area contributed by atoms with E-state index in [9.17, 15) is 0 Å². The van der Waals surface area contributed by atoms with Crippen molar-refractivity contribution in [3.63, 3.8) is 0 Å². The molecule has 0 atom stereocenters. The number of amidine groups is 1. The lowest BCUT2D eigenvalue weighted by Gasteiger charge is -2.09. The summed E-state index contributed by atoms with van der Waals surface area (Å²) in [5.74, 6) is 0.532. The summed E-state index contributed by atoms with van der Waals surface area (Å²) in [5.41, 5.74) is 7.68. The fourth-order valence-corrected chi connectivity index (χ4v) is 1.66. The fraction of sp³-hybridized carbons (Fsp3) is 0.154. The molecule has 2 aromatic heterocycles. The molecule has 20 heavy (non-hydrogen) atoms. The average Bonchev–Trinajstić information content (AvgIpc) is 2.53. The Morgan fingerprint density at radius 1 is 1.40 bits per heavy atom. The van der Waals surface area contributed by atoms with Crippen LogP contribution in [-0.4, -0.2) is 28.1 Å². The van der Waals surface area contributed by atoms with Crippen molar-refractivity contribution in [1.82, 2.24) is 9.97 Å². The van der Waals surface area contributed by atoms with Crippen LogP contribution in [0.2, 0.25) is 0 Å². The monoisotopic (exact) mass is 273 g/mol. The predicted molar refractivity (Wildman–Crippen MR) is 74.9 cm³/mol. The normalized spacial score (nSPS) is 11.2. The van der Waals surface area contributed by atoms with E-state index >= 15 is 0 Å². The van der Waals surface area contributed by atoms with Crippen molar-refractivity contribution in [2.45, 2.75) is 6.54 Å². The quantitative estimate of drug-likeness (QED) is 0.327. The predicted octanol–water partition coefficient (Wildman–Crippen LogP) is 1.19. The van der Waals surface area contributed by atoms with Crippen LogP contribution < -0.4 is 15.8 Å². The molecule has 0 unspecified atom stereocenters. The Morgan fingerprint density at radius 2 is 2.25 bits per heavy atom. The molecule has 0 aliphatic carbocycles. The number of rotatable bonds is 5. The first-order valence-electron chi connectivity index (χ1n) is 5.90. The maximum atomic E-state index is 8.73. The topological polar surface area (TPSA) is 106 Å². The summed E-state index contributed by atoms with van der Waals surface area (Å²) in [7, 11) is 1.56. The number of hydrogen-bond donors (Lipinski definition) is 3. The van der Waals surface area contributed by atoms with Gasteiger partial charge in [0.05, 0.1) is 19.0 Å². The molecule has 0 bridgehead atoms. The molecular formula is C13H15N5O2. The molecule has 0 aliphatic heterocycles. The van der Waals surface area contributed by atoms with Gasteiger partial charge in [-0.05, 0) is 12.1 Å². The molecule has 0 amide bonds. The molecule has 4 N–H and O–H groups in total. The summed E-state index contributed by atoms with van der Waals surface area (Å²) in [4.78, 5) is 8.19. The summed E-state index contributed by atoms with van der Waals surface area (Å²) in [6.07, 6.45) is 3.25. The van der Waals surface area contributed by atoms with Gasteiger partial charge < -0.3 is 21.0 Å². The molecule has 0 fully saturated rings. The highest BCUT2D eigenvalue weighted by molar-refractivity contribution is 5.96. The number of pyridine rings is 2. The molecule has 7 nitrogen and oxygen atoms in total. The van der Waals surface area contributed by atoms with Gasteiger partial charge in [0.1, 0.15) is 5.69 Å².